The number of carbonyl (C=O) groups is 2. The molecule has 1 aliphatic rings. The Morgan fingerprint density at radius 3 is 1.68 bits per heavy atom. The summed E-state index contributed by atoms with van der Waals surface area (Å²) in [5.41, 5.74) is 11.0. The van der Waals surface area contributed by atoms with Crippen LogP contribution in [0.15, 0.2) is 13.2 Å². The summed E-state index contributed by atoms with van der Waals surface area (Å²) in [4.78, 5) is 36.9. The molecule has 5 heterocycles. The molecule has 4 aromatic heterocycles. The Balaban J connectivity index is 0.00000264. The molecule has 5 rings (SSSR count). The minimum Gasteiger partial charge on any atom is -0.550 e. The van der Waals surface area contributed by atoms with Crippen molar-refractivity contribution >= 4 is 48.4 Å². The van der Waals surface area contributed by atoms with Crippen molar-refractivity contribution in [3.8, 4) is 0 Å². The molecule has 0 unspecified atom stereocenters. The van der Waals surface area contributed by atoms with Crippen molar-refractivity contribution in [1.29, 1.82) is 0 Å². The van der Waals surface area contributed by atoms with Crippen molar-refractivity contribution in [2.45, 2.75) is 53.4 Å². The number of fused-ring (bicyclic) bond motifs is 8. The van der Waals surface area contributed by atoms with Crippen LogP contribution in [0.25, 0.3) is 36.5 Å². The van der Waals surface area contributed by atoms with Crippen molar-refractivity contribution in [3.63, 3.8) is 0 Å². The molecule has 0 aromatic carbocycles. The smallest absolute Gasteiger partial charge is 0.550 e. The quantitative estimate of drug-likeness (QED) is 0.130. The van der Waals surface area contributed by atoms with E-state index in [4.69, 9.17) is 0 Å². The number of aromatic nitrogens is 4. The van der Waals surface area contributed by atoms with Crippen LogP contribution in [0, 0.1) is 27.7 Å². The molecule has 0 atom stereocenters. The Labute approximate surface area is 300 Å². The van der Waals surface area contributed by atoms with E-state index in [-0.39, 0.29) is 84.8 Å². The summed E-state index contributed by atoms with van der Waals surface area (Å²) in [7, 11) is 0. The summed E-state index contributed by atoms with van der Waals surface area (Å²) in [6.07, 6.45) is 12.0. The fraction of sp³-hybridized carbons (Fsp3) is 0.235. The van der Waals surface area contributed by atoms with E-state index in [0.717, 1.165) is 88.7 Å². The van der Waals surface area contributed by atoms with Gasteiger partial charge in [-0.1, -0.05) is 25.3 Å². The van der Waals surface area contributed by atoms with E-state index in [1.165, 1.54) is 0 Å². The number of carboxylic acids is 2. The third-order valence-corrected chi connectivity index (χ3v) is 8.36. The van der Waals surface area contributed by atoms with Crippen LogP contribution in [0.3, 0.4) is 0 Å². The fourth-order valence-corrected chi connectivity index (χ4v) is 5.92. The number of carboxylic acid groups (broad SMARTS) is 2. The van der Waals surface area contributed by atoms with Gasteiger partial charge in [-0.05, 0) is 111 Å². The summed E-state index contributed by atoms with van der Waals surface area (Å²) >= 11 is 0. The van der Waals surface area contributed by atoms with Crippen LogP contribution in [0.4, 0.5) is 0 Å². The van der Waals surface area contributed by atoms with Crippen LogP contribution in [-0.2, 0) is 22.4 Å². The first kappa shape index (κ1) is 35.5. The van der Waals surface area contributed by atoms with E-state index in [1.807, 2.05) is 58.1 Å². The van der Waals surface area contributed by atoms with Crippen molar-refractivity contribution < 1.29 is 78.9 Å². The van der Waals surface area contributed by atoms with Gasteiger partial charge in [0.15, 0.2) is 0 Å². The van der Waals surface area contributed by atoms with Gasteiger partial charge in [0.25, 0.3) is 0 Å². The zero-order chi connectivity index (χ0) is 30.3. The van der Waals surface area contributed by atoms with E-state index >= 15 is 0 Å². The molecule has 0 fully saturated rings. The average molecular weight is 609 g/mol. The van der Waals surface area contributed by atoms with Crippen molar-refractivity contribution in [2.75, 3.05) is 0 Å². The molecule has 216 valence electrons. The molecule has 4 aromatic rings. The molecule has 8 bridgehead atoms. The van der Waals surface area contributed by atoms with Crippen LogP contribution >= 0.6 is 0 Å². The molecule has 44 heavy (non-hydrogen) atoms. The van der Waals surface area contributed by atoms with Gasteiger partial charge in [-0.25, -0.2) is 0 Å². The Bertz CT molecular complexity index is 2040. The van der Waals surface area contributed by atoms with Gasteiger partial charge in [-0.3, -0.25) is 0 Å². The fourth-order valence-electron chi connectivity index (χ4n) is 5.92. The monoisotopic (exact) mass is 608 g/mol. The number of H-pyrrole nitrogens is 4. The van der Waals surface area contributed by atoms with E-state index in [0.29, 0.717) is 0 Å². The van der Waals surface area contributed by atoms with E-state index < -0.39 is 11.9 Å². The summed E-state index contributed by atoms with van der Waals surface area (Å²) in [6, 6.07) is 0. The van der Waals surface area contributed by atoms with Crippen molar-refractivity contribution in [1.82, 2.24) is 19.9 Å². The predicted molar refractivity (Wildman–Crippen MR) is 162 cm³/mol. The van der Waals surface area contributed by atoms with Crippen LogP contribution in [0.2, 0.25) is 0 Å². The van der Waals surface area contributed by atoms with E-state index in [9.17, 15) is 19.8 Å². The number of hydrogen-bond donors (Lipinski definition) is 4. The normalized spacial score (nSPS) is 11.5. The molecule has 0 radical (unpaired) electrons. The van der Waals surface area contributed by atoms with Crippen LogP contribution < -0.4 is 90.7 Å². The van der Waals surface area contributed by atoms with Gasteiger partial charge >= 0.3 is 59.1 Å². The number of nitrogens with one attached hydrogen (secondary N) is 4. The average Bonchev–Trinajstić information content (AvgIpc) is 3.59. The second-order valence-electron chi connectivity index (χ2n) is 10.8. The standard InChI is InChI=1S/C34H36N4O4.2Na/c1-7-21-17(3)25-13-26-19(5)23(9-11-33(39)40)31(37-26)16-32-24(10-12-34(41)42)20(6)28(38-32)15-30-22(8-2)18(4)27(36-30)14-29(21)35-25;;/h7-8,13-16,35-38H,1-2,9-12H2,3-6H3,(H,39,40)(H,41,42);;/q;2*+1/p-2. The summed E-state index contributed by atoms with van der Waals surface area (Å²) < 4.78 is 0. The molecule has 10 heteroatoms. The Morgan fingerprint density at radius 2 is 1.07 bits per heavy atom. The van der Waals surface area contributed by atoms with Gasteiger partial charge in [-0.15, -0.1) is 0 Å². The van der Waals surface area contributed by atoms with E-state index in [2.05, 4.69) is 39.2 Å². The SMILES string of the molecule is C=Cc1c2[nH]c(c1C)C=c1[nH]c(c(CCC(=O)[O-])c1C)=Cc1[nH]c(c(C)c1CCC(=O)[O-])C=c1[nH]c(c(C)c1C=C)=C2.[Na+].[Na+]. The van der Waals surface area contributed by atoms with Gasteiger partial charge in [0.2, 0.25) is 0 Å². The zero-order valence-electron chi connectivity index (χ0n) is 26.3. The molecule has 0 aliphatic carbocycles. The maximum Gasteiger partial charge on any atom is 1.00 e. The maximum atomic E-state index is 11.4. The molecule has 0 amide bonds. The molecule has 1 aliphatic heterocycles. The third kappa shape index (κ3) is 6.81. The summed E-state index contributed by atoms with van der Waals surface area (Å²) in [6.45, 7) is 16.1. The van der Waals surface area contributed by atoms with Crippen molar-refractivity contribution in [2.24, 2.45) is 0 Å². The zero-order valence-corrected chi connectivity index (χ0v) is 30.3. The third-order valence-electron chi connectivity index (χ3n) is 8.36. The van der Waals surface area contributed by atoms with Crippen molar-refractivity contribution in [3.05, 3.63) is 102 Å². The number of rotatable bonds is 8. The molecule has 0 spiro atoms. The minimum atomic E-state index is -1.12. The van der Waals surface area contributed by atoms with Crippen LogP contribution in [0.1, 0.15) is 80.1 Å². The summed E-state index contributed by atoms with van der Waals surface area (Å²) in [5.74, 6) is -2.25. The number of aliphatic carboxylic acids is 2. The van der Waals surface area contributed by atoms with Gasteiger partial charge < -0.3 is 39.7 Å². The Kier molecular flexibility index (Phi) is 11.6. The summed E-state index contributed by atoms with van der Waals surface area (Å²) in [5, 5.41) is 26.2. The molecule has 0 saturated heterocycles. The number of aromatic amines is 4. The first-order chi connectivity index (χ1) is 20.0. The number of carbonyl (C=O) groups excluding carboxylic acids is 2. The van der Waals surface area contributed by atoms with Crippen LogP contribution in [0.5, 0.6) is 0 Å². The predicted octanol–water partition coefficient (Wildman–Crippen LogP) is -5.48. The second kappa shape index (κ2) is 14.4. The minimum absolute atomic E-state index is 0. The first-order valence-corrected chi connectivity index (χ1v) is 13.9. The van der Waals surface area contributed by atoms with Crippen LogP contribution in [-0.4, -0.2) is 31.9 Å². The first-order valence-electron chi connectivity index (χ1n) is 13.9. The van der Waals surface area contributed by atoms with Gasteiger partial charge in [0, 0.05) is 67.2 Å². The topological polar surface area (TPSA) is 143 Å². The molecule has 4 N–H and O–H groups in total. The Hall–Kier alpha value is -2.98. The second-order valence-corrected chi connectivity index (χ2v) is 10.8. The molecular weight excluding hydrogens is 574 g/mol. The Morgan fingerprint density at radius 1 is 0.591 bits per heavy atom. The van der Waals surface area contributed by atoms with Gasteiger partial charge in [0.1, 0.15) is 0 Å². The van der Waals surface area contributed by atoms with E-state index in [1.54, 1.807) is 0 Å². The maximum absolute atomic E-state index is 11.4. The van der Waals surface area contributed by atoms with Gasteiger partial charge in [0.05, 0.1) is 0 Å². The molecular formula is C34H34N4Na2O4. The molecule has 8 nitrogen and oxygen atoms in total. The number of hydrogen-bond acceptors (Lipinski definition) is 4. The largest absolute Gasteiger partial charge is 1.00 e. The molecule has 0 saturated carbocycles. The van der Waals surface area contributed by atoms with Gasteiger partial charge in [-0.2, -0.15) is 0 Å².